The van der Waals surface area contributed by atoms with Gasteiger partial charge in [-0.15, -0.1) is 12.4 Å². The van der Waals surface area contributed by atoms with Crippen LogP contribution >= 0.6 is 12.4 Å². The van der Waals surface area contributed by atoms with Crippen LogP contribution in [0.15, 0.2) is 48.5 Å². The molecular weight excluding hydrogens is 320 g/mol. The van der Waals surface area contributed by atoms with Crippen molar-refractivity contribution in [2.45, 2.75) is 24.8 Å². The summed E-state index contributed by atoms with van der Waals surface area (Å²) in [6, 6.07) is 17.6. The SMILES string of the molecule is Cl.N[C@@H]1CN(CCc2ccc3c(c2)CCO3)C[C@H]1c1ccccc1. The summed E-state index contributed by atoms with van der Waals surface area (Å²) < 4.78 is 5.58. The van der Waals surface area contributed by atoms with Crippen LogP contribution in [0.5, 0.6) is 5.75 Å². The second kappa shape index (κ2) is 7.56. The summed E-state index contributed by atoms with van der Waals surface area (Å²) in [6.45, 7) is 3.97. The standard InChI is InChI=1S/C20H24N2O.ClH/c21-19-14-22(13-18(19)16-4-2-1-3-5-16)10-8-15-6-7-20-17(12-15)9-11-23-20;/h1-7,12,18-19H,8-11,13-14,21H2;1H/t18-,19+;/m0./s1. The first-order chi connectivity index (χ1) is 11.3. The van der Waals surface area contributed by atoms with Gasteiger partial charge in [0.15, 0.2) is 0 Å². The van der Waals surface area contributed by atoms with Gasteiger partial charge in [-0.05, 0) is 29.2 Å². The van der Waals surface area contributed by atoms with Crippen LogP contribution in [0.1, 0.15) is 22.6 Å². The normalized spacial score (nSPS) is 22.7. The first kappa shape index (κ1) is 17.3. The van der Waals surface area contributed by atoms with Crippen LogP contribution in [-0.2, 0) is 12.8 Å². The number of hydrogen-bond donors (Lipinski definition) is 1. The highest BCUT2D eigenvalue weighted by Gasteiger charge is 2.30. The number of likely N-dealkylation sites (tertiary alicyclic amines) is 1. The highest BCUT2D eigenvalue weighted by Crippen LogP contribution is 2.28. The van der Waals surface area contributed by atoms with Gasteiger partial charge in [0, 0.05) is 38.0 Å². The predicted octanol–water partition coefficient (Wildman–Crippen LogP) is 3.01. The van der Waals surface area contributed by atoms with Crippen molar-refractivity contribution in [1.82, 2.24) is 4.90 Å². The molecule has 1 fully saturated rings. The quantitative estimate of drug-likeness (QED) is 0.926. The van der Waals surface area contributed by atoms with Crippen molar-refractivity contribution in [1.29, 1.82) is 0 Å². The van der Waals surface area contributed by atoms with Crippen LogP contribution in [-0.4, -0.2) is 37.2 Å². The Balaban J connectivity index is 0.00000169. The highest BCUT2D eigenvalue weighted by atomic mass is 35.5. The molecule has 2 aromatic carbocycles. The number of ether oxygens (including phenoxy) is 1. The fourth-order valence-corrected chi connectivity index (χ4v) is 3.83. The predicted molar refractivity (Wildman–Crippen MR) is 100 cm³/mol. The first-order valence-corrected chi connectivity index (χ1v) is 8.57. The Hall–Kier alpha value is -1.55. The van der Waals surface area contributed by atoms with Crippen molar-refractivity contribution in [2.75, 3.05) is 26.2 Å². The Labute approximate surface area is 150 Å². The molecule has 1 saturated heterocycles. The summed E-state index contributed by atoms with van der Waals surface area (Å²) in [5.41, 5.74) is 10.5. The third kappa shape index (κ3) is 3.59. The fraction of sp³-hybridized carbons (Fsp3) is 0.400. The first-order valence-electron chi connectivity index (χ1n) is 8.57. The number of halogens is 1. The maximum Gasteiger partial charge on any atom is 0.122 e. The molecule has 4 rings (SSSR count). The molecule has 0 unspecified atom stereocenters. The van der Waals surface area contributed by atoms with Gasteiger partial charge >= 0.3 is 0 Å². The maximum absolute atomic E-state index is 6.39. The van der Waals surface area contributed by atoms with E-state index in [1.54, 1.807) is 0 Å². The van der Waals surface area contributed by atoms with E-state index in [4.69, 9.17) is 10.5 Å². The van der Waals surface area contributed by atoms with Gasteiger partial charge in [0.2, 0.25) is 0 Å². The Bertz CT molecular complexity index is 677. The van der Waals surface area contributed by atoms with Gasteiger partial charge in [-0.2, -0.15) is 0 Å². The Morgan fingerprint density at radius 2 is 1.92 bits per heavy atom. The summed E-state index contributed by atoms with van der Waals surface area (Å²) in [5.74, 6) is 1.53. The molecule has 0 spiro atoms. The minimum atomic E-state index is 0. The van der Waals surface area contributed by atoms with Crippen LogP contribution in [0.25, 0.3) is 0 Å². The molecule has 3 nitrogen and oxygen atoms in total. The number of nitrogens with zero attached hydrogens (tertiary/aromatic N) is 1. The molecule has 4 heteroatoms. The molecule has 2 aromatic rings. The minimum absolute atomic E-state index is 0. The average molecular weight is 345 g/mol. The Morgan fingerprint density at radius 3 is 2.75 bits per heavy atom. The van der Waals surface area contributed by atoms with Gasteiger partial charge in [-0.25, -0.2) is 0 Å². The zero-order valence-electron chi connectivity index (χ0n) is 13.9. The smallest absolute Gasteiger partial charge is 0.122 e. The lowest BCUT2D eigenvalue weighted by molar-refractivity contribution is 0.335. The number of hydrogen-bond acceptors (Lipinski definition) is 3. The van der Waals surface area contributed by atoms with Gasteiger partial charge in [-0.1, -0.05) is 42.5 Å². The minimum Gasteiger partial charge on any atom is -0.493 e. The topological polar surface area (TPSA) is 38.5 Å². The van der Waals surface area contributed by atoms with E-state index in [9.17, 15) is 0 Å². The summed E-state index contributed by atoms with van der Waals surface area (Å²) in [6.07, 6.45) is 2.13. The lowest BCUT2D eigenvalue weighted by Gasteiger charge is -2.16. The molecule has 0 radical (unpaired) electrons. The maximum atomic E-state index is 6.39. The number of benzene rings is 2. The Morgan fingerprint density at radius 1 is 1.08 bits per heavy atom. The molecule has 2 heterocycles. The number of nitrogens with two attached hydrogens (primary N) is 1. The average Bonchev–Trinajstić information content (AvgIpc) is 3.19. The molecule has 0 aliphatic carbocycles. The molecule has 0 aromatic heterocycles. The van der Waals surface area contributed by atoms with Gasteiger partial charge in [0.05, 0.1) is 6.61 Å². The van der Waals surface area contributed by atoms with E-state index in [1.165, 1.54) is 16.7 Å². The van der Waals surface area contributed by atoms with Crippen molar-refractivity contribution in [2.24, 2.45) is 5.73 Å². The van der Waals surface area contributed by atoms with Crippen molar-refractivity contribution >= 4 is 12.4 Å². The van der Waals surface area contributed by atoms with Gasteiger partial charge in [0.25, 0.3) is 0 Å². The second-order valence-corrected chi connectivity index (χ2v) is 6.73. The lowest BCUT2D eigenvalue weighted by atomic mass is 9.95. The van der Waals surface area contributed by atoms with Crippen molar-refractivity contribution in [3.63, 3.8) is 0 Å². The Kier molecular flexibility index (Phi) is 5.44. The molecular formula is C20H25ClN2O. The molecule has 0 amide bonds. The number of rotatable bonds is 4. The molecule has 128 valence electrons. The van der Waals surface area contributed by atoms with E-state index in [1.807, 2.05) is 0 Å². The summed E-state index contributed by atoms with van der Waals surface area (Å²) >= 11 is 0. The van der Waals surface area contributed by atoms with Gasteiger partial charge in [-0.3, -0.25) is 0 Å². The summed E-state index contributed by atoms with van der Waals surface area (Å²) in [7, 11) is 0. The number of fused-ring (bicyclic) bond motifs is 1. The summed E-state index contributed by atoms with van der Waals surface area (Å²) in [5, 5.41) is 0. The molecule has 2 atom stereocenters. The van der Waals surface area contributed by atoms with E-state index in [0.717, 1.165) is 44.8 Å². The van der Waals surface area contributed by atoms with Crippen LogP contribution < -0.4 is 10.5 Å². The van der Waals surface area contributed by atoms with Gasteiger partial charge < -0.3 is 15.4 Å². The third-order valence-electron chi connectivity index (χ3n) is 5.14. The van der Waals surface area contributed by atoms with Gasteiger partial charge in [0.1, 0.15) is 5.75 Å². The van der Waals surface area contributed by atoms with Crippen molar-refractivity contribution in [3.05, 3.63) is 65.2 Å². The van der Waals surface area contributed by atoms with Crippen LogP contribution in [0.3, 0.4) is 0 Å². The molecule has 2 aliphatic rings. The zero-order valence-corrected chi connectivity index (χ0v) is 14.7. The summed E-state index contributed by atoms with van der Waals surface area (Å²) in [4.78, 5) is 2.51. The van der Waals surface area contributed by atoms with E-state index >= 15 is 0 Å². The molecule has 24 heavy (non-hydrogen) atoms. The largest absolute Gasteiger partial charge is 0.493 e. The van der Waals surface area contributed by atoms with E-state index < -0.39 is 0 Å². The second-order valence-electron chi connectivity index (χ2n) is 6.73. The van der Waals surface area contributed by atoms with Crippen LogP contribution in [0.2, 0.25) is 0 Å². The zero-order chi connectivity index (χ0) is 15.6. The molecule has 0 saturated carbocycles. The molecule has 2 aliphatic heterocycles. The third-order valence-corrected chi connectivity index (χ3v) is 5.14. The van der Waals surface area contributed by atoms with Crippen LogP contribution in [0.4, 0.5) is 0 Å². The van der Waals surface area contributed by atoms with Crippen LogP contribution in [0, 0.1) is 0 Å². The van der Waals surface area contributed by atoms with E-state index in [-0.39, 0.29) is 18.4 Å². The highest BCUT2D eigenvalue weighted by molar-refractivity contribution is 5.85. The van der Waals surface area contributed by atoms with E-state index in [0.29, 0.717) is 5.92 Å². The monoisotopic (exact) mass is 344 g/mol. The van der Waals surface area contributed by atoms with E-state index in [2.05, 4.69) is 53.4 Å². The lowest BCUT2D eigenvalue weighted by Crippen LogP contribution is -2.29. The van der Waals surface area contributed by atoms with Crippen molar-refractivity contribution in [3.8, 4) is 5.75 Å². The fourth-order valence-electron chi connectivity index (χ4n) is 3.83. The molecule has 2 N–H and O–H groups in total. The van der Waals surface area contributed by atoms with Crippen molar-refractivity contribution < 1.29 is 4.74 Å². The molecule has 0 bridgehead atoms.